The van der Waals surface area contributed by atoms with Crippen LogP contribution in [-0.2, 0) is 27.3 Å². The van der Waals surface area contributed by atoms with Crippen LogP contribution in [0, 0.1) is 0 Å². The summed E-state index contributed by atoms with van der Waals surface area (Å²) in [5, 5.41) is 2.65. The topological polar surface area (TPSA) is 117 Å². The van der Waals surface area contributed by atoms with Gasteiger partial charge in [-0.15, -0.1) is 0 Å². The molecule has 0 saturated carbocycles. The zero-order valence-electron chi connectivity index (χ0n) is 19.7. The molecule has 2 heterocycles. The van der Waals surface area contributed by atoms with Crippen molar-refractivity contribution in [3.63, 3.8) is 0 Å². The maximum Gasteiger partial charge on any atom is 0.306 e. The molecule has 1 N–H and O–H groups in total. The zero-order valence-corrected chi connectivity index (χ0v) is 19.7. The Kier molecular flexibility index (Phi) is 7.24. The number of fused-ring (bicyclic) bond motifs is 2. The van der Waals surface area contributed by atoms with E-state index in [-0.39, 0.29) is 36.5 Å². The van der Waals surface area contributed by atoms with Crippen molar-refractivity contribution in [2.75, 3.05) is 11.9 Å². The van der Waals surface area contributed by atoms with Crippen LogP contribution in [0.15, 0.2) is 47.3 Å². The fraction of sp³-hybridized carbons (Fsp3) is 0.346. The van der Waals surface area contributed by atoms with Crippen molar-refractivity contribution in [3.05, 3.63) is 64.1 Å². The summed E-state index contributed by atoms with van der Waals surface area (Å²) in [5.41, 5.74) is 2.22. The fourth-order valence-corrected chi connectivity index (χ4v) is 3.95. The van der Waals surface area contributed by atoms with Crippen LogP contribution in [-0.4, -0.2) is 39.9 Å². The van der Waals surface area contributed by atoms with Gasteiger partial charge in [0.05, 0.1) is 23.1 Å². The van der Waals surface area contributed by atoms with E-state index in [1.165, 1.54) is 13.0 Å². The van der Waals surface area contributed by atoms with Crippen molar-refractivity contribution in [2.24, 2.45) is 0 Å². The summed E-state index contributed by atoms with van der Waals surface area (Å²) in [6.45, 7) is 4.04. The van der Waals surface area contributed by atoms with E-state index in [1.54, 1.807) is 16.7 Å². The highest BCUT2D eigenvalue weighted by Gasteiger charge is 2.23. The molecule has 2 aromatic carbocycles. The number of carbonyl (C=O) groups excluding carboxylic acids is 3. The number of aryl methyl sites for hydroxylation is 2. The SMILES string of the molecule is CCCCn1c(=O)c(CCC(=O)O[C@H](C)C(=O)c2ccc3c(c2)NC(=O)CO3)nc2ccccc21. The van der Waals surface area contributed by atoms with Gasteiger partial charge in [-0.05, 0) is 43.7 Å². The van der Waals surface area contributed by atoms with Gasteiger partial charge in [-0.25, -0.2) is 4.98 Å². The molecule has 0 aliphatic carbocycles. The van der Waals surface area contributed by atoms with E-state index >= 15 is 0 Å². The second kappa shape index (κ2) is 10.5. The quantitative estimate of drug-likeness (QED) is 0.371. The van der Waals surface area contributed by atoms with E-state index in [4.69, 9.17) is 9.47 Å². The number of amides is 1. The first-order valence-electron chi connectivity index (χ1n) is 11.7. The monoisotopic (exact) mass is 477 g/mol. The number of nitrogens with one attached hydrogen (secondary N) is 1. The van der Waals surface area contributed by atoms with Gasteiger partial charge in [-0.2, -0.15) is 0 Å². The van der Waals surface area contributed by atoms with Crippen LogP contribution in [0.25, 0.3) is 11.0 Å². The molecule has 0 fully saturated rings. The molecule has 3 aromatic rings. The van der Waals surface area contributed by atoms with Crippen LogP contribution in [0.5, 0.6) is 5.75 Å². The van der Waals surface area contributed by atoms with Crippen LogP contribution in [0.4, 0.5) is 5.69 Å². The van der Waals surface area contributed by atoms with Gasteiger partial charge >= 0.3 is 5.97 Å². The summed E-state index contributed by atoms with van der Waals surface area (Å²) in [4.78, 5) is 54.3. The molecule has 9 heteroatoms. The van der Waals surface area contributed by atoms with Crippen molar-refractivity contribution in [2.45, 2.75) is 52.2 Å². The fourth-order valence-electron chi connectivity index (χ4n) is 3.95. The summed E-state index contributed by atoms with van der Waals surface area (Å²) < 4.78 is 12.3. The molecule has 182 valence electrons. The molecular weight excluding hydrogens is 450 g/mol. The molecule has 0 unspecified atom stereocenters. The number of benzene rings is 2. The van der Waals surface area contributed by atoms with E-state index in [0.29, 0.717) is 29.2 Å². The number of rotatable bonds is 9. The molecule has 1 aliphatic heterocycles. The van der Waals surface area contributed by atoms with Gasteiger partial charge in [-0.1, -0.05) is 25.5 Å². The van der Waals surface area contributed by atoms with Crippen LogP contribution < -0.4 is 15.6 Å². The van der Waals surface area contributed by atoms with Gasteiger partial charge in [0.2, 0.25) is 5.78 Å². The van der Waals surface area contributed by atoms with Crippen LogP contribution in [0.3, 0.4) is 0 Å². The van der Waals surface area contributed by atoms with E-state index in [2.05, 4.69) is 17.2 Å². The Morgan fingerprint density at radius 2 is 2.00 bits per heavy atom. The number of unbranched alkanes of at least 4 members (excludes halogenated alkanes) is 1. The summed E-state index contributed by atoms with van der Waals surface area (Å²) in [6.07, 6.45) is 0.789. The number of hydrogen-bond acceptors (Lipinski definition) is 7. The molecule has 1 atom stereocenters. The normalized spacial score (nSPS) is 13.5. The molecule has 1 amide bonds. The van der Waals surface area contributed by atoms with Crippen molar-refractivity contribution in [1.82, 2.24) is 9.55 Å². The molecule has 1 aromatic heterocycles. The Hall–Kier alpha value is -4.01. The number of Topliss-reactive ketones (excluding diaryl/α,β-unsaturated/α-hetero) is 1. The van der Waals surface area contributed by atoms with Gasteiger partial charge in [-0.3, -0.25) is 19.2 Å². The van der Waals surface area contributed by atoms with E-state index < -0.39 is 17.9 Å². The number of hydrogen-bond donors (Lipinski definition) is 1. The number of ketones is 1. The summed E-state index contributed by atoms with van der Waals surface area (Å²) in [5.74, 6) is -0.849. The lowest BCUT2D eigenvalue weighted by molar-refractivity contribution is -0.146. The number of nitrogens with zero attached hydrogens (tertiary/aromatic N) is 2. The third-order valence-electron chi connectivity index (χ3n) is 5.80. The van der Waals surface area contributed by atoms with Gasteiger partial charge < -0.3 is 19.4 Å². The highest BCUT2D eigenvalue weighted by Crippen LogP contribution is 2.29. The molecule has 0 radical (unpaired) electrons. The van der Waals surface area contributed by atoms with Crippen molar-refractivity contribution >= 4 is 34.4 Å². The standard InChI is InChI=1S/C26H27N3O6/c1-3-4-13-29-21-8-6-5-7-18(21)27-19(26(29)33)10-12-24(31)35-16(2)25(32)17-9-11-22-20(14-17)28-23(30)15-34-22/h5-9,11,14,16H,3-4,10,12-13,15H2,1-2H3,(H,28,30)/t16-/m1/s1. The maximum atomic E-state index is 13.0. The Morgan fingerprint density at radius 3 is 2.80 bits per heavy atom. The van der Waals surface area contributed by atoms with Crippen LogP contribution in [0.1, 0.15) is 49.2 Å². The predicted molar refractivity (Wildman–Crippen MR) is 130 cm³/mol. The maximum absolute atomic E-state index is 13.0. The minimum atomic E-state index is -1.04. The Morgan fingerprint density at radius 1 is 1.20 bits per heavy atom. The minimum absolute atomic E-state index is 0.0793. The Balaban J connectivity index is 1.42. The number of anilines is 1. The van der Waals surface area contributed by atoms with Gasteiger partial charge in [0.1, 0.15) is 11.4 Å². The van der Waals surface area contributed by atoms with E-state index in [9.17, 15) is 19.2 Å². The van der Waals surface area contributed by atoms with Crippen LogP contribution >= 0.6 is 0 Å². The molecule has 0 saturated heterocycles. The van der Waals surface area contributed by atoms with Crippen molar-refractivity contribution in [3.8, 4) is 5.75 Å². The Labute approximate surface area is 202 Å². The average Bonchev–Trinajstić information content (AvgIpc) is 2.86. The first-order chi connectivity index (χ1) is 16.9. The van der Waals surface area contributed by atoms with Crippen molar-refractivity contribution < 1.29 is 23.9 Å². The zero-order chi connectivity index (χ0) is 24.9. The van der Waals surface area contributed by atoms with Gasteiger partial charge in [0, 0.05) is 18.5 Å². The lowest BCUT2D eigenvalue weighted by Gasteiger charge is -2.19. The predicted octanol–water partition coefficient (Wildman–Crippen LogP) is 3.27. The largest absolute Gasteiger partial charge is 0.482 e. The summed E-state index contributed by atoms with van der Waals surface area (Å²) in [7, 11) is 0. The molecule has 0 bridgehead atoms. The number of carbonyl (C=O) groups is 3. The third-order valence-corrected chi connectivity index (χ3v) is 5.80. The average molecular weight is 478 g/mol. The Bertz CT molecular complexity index is 1350. The first kappa shape index (κ1) is 24.1. The molecule has 4 rings (SSSR count). The lowest BCUT2D eigenvalue weighted by atomic mass is 10.1. The molecule has 35 heavy (non-hydrogen) atoms. The molecule has 9 nitrogen and oxygen atoms in total. The smallest absolute Gasteiger partial charge is 0.306 e. The highest BCUT2D eigenvalue weighted by atomic mass is 16.5. The number of para-hydroxylation sites is 2. The summed E-state index contributed by atoms with van der Waals surface area (Å²) >= 11 is 0. The molecular formula is C26H27N3O6. The minimum Gasteiger partial charge on any atom is -0.482 e. The van der Waals surface area contributed by atoms with Gasteiger partial charge in [0.25, 0.3) is 11.5 Å². The van der Waals surface area contributed by atoms with Crippen LogP contribution in [0.2, 0.25) is 0 Å². The van der Waals surface area contributed by atoms with Crippen molar-refractivity contribution in [1.29, 1.82) is 0 Å². The number of aromatic nitrogens is 2. The number of esters is 1. The third kappa shape index (κ3) is 5.40. The second-order valence-electron chi connectivity index (χ2n) is 8.40. The molecule has 1 aliphatic rings. The van der Waals surface area contributed by atoms with E-state index in [0.717, 1.165) is 18.4 Å². The highest BCUT2D eigenvalue weighted by molar-refractivity contribution is 6.03. The molecule has 0 spiro atoms. The summed E-state index contributed by atoms with van der Waals surface area (Å²) in [6, 6.07) is 12.1. The lowest BCUT2D eigenvalue weighted by Crippen LogP contribution is -2.28. The van der Waals surface area contributed by atoms with Gasteiger partial charge in [0.15, 0.2) is 12.7 Å². The number of ether oxygens (including phenoxy) is 2. The second-order valence-corrected chi connectivity index (χ2v) is 8.40. The first-order valence-corrected chi connectivity index (χ1v) is 11.7. The van der Waals surface area contributed by atoms with E-state index in [1.807, 2.05) is 24.3 Å².